The van der Waals surface area contributed by atoms with Crippen LogP contribution >= 0.6 is 7.37 Å². The fourth-order valence-electron chi connectivity index (χ4n) is 1.80. The number of benzene rings is 1. The highest BCUT2D eigenvalue weighted by molar-refractivity contribution is 7.58. The molecule has 0 amide bonds. The molecule has 0 saturated carbocycles. The van der Waals surface area contributed by atoms with Gasteiger partial charge in [-0.2, -0.15) is 0 Å². The van der Waals surface area contributed by atoms with E-state index in [9.17, 15) is 32.9 Å². The maximum Gasteiger partial charge on any atom is 0.341 e. The lowest BCUT2D eigenvalue weighted by atomic mass is 10.2. The number of rotatable bonds is 9. The lowest BCUT2D eigenvalue weighted by Crippen LogP contribution is -2.31. The number of aliphatic hydroxyl groups excluding tert-OH is 1. The molecule has 0 saturated heterocycles. The first-order valence-corrected chi connectivity index (χ1v) is 8.68. The SMILES string of the molecule is NC(CCP(=O)(O)C(O)c1cc(F)c(OCC(=O)O)c(F)c1)C(=O)O. The fourth-order valence-corrected chi connectivity index (χ4v) is 3.31. The van der Waals surface area contributed by atoms with Crippen LogP contribution in [0.1, 0.15) is 17.8 Å². The maximum absolute atomic E-state index is 13.8. The van der Waals surface area contributed by atoms with E-state index in [1.807, 2.05) is 0 Å². The van der Waals surface area contributed by atoms with Crippen LogP contribution in [0.15, 0.2) is 12.1 Å². The van der Waals surface area contributed by atoms with Crippen LogP contribution in [-0.4, -0.2) is 51.0 Å². The molecule has 6 N–H and O–H groups in total. The second kappa shape index (κ2) is 8.34. The van der Waals surface area contributed by atoms with Crippen molar-refractivity contribution in [3.63, 3.8) is 0 Å². The zero-order valence-corrected chi connectivity index (χ0v) is 13.5. The van der Waals surface area contributed by atoms with Gasteiger partial charge in [0, 0.05) is 6.16 Å². The number of hydrogen-bond acceptors (Lipinski definition) is 6. The van der Waals surface area contributed by atoms with Gasteiger partial charge in [0.05, 0.1) is 0 Å². The molecule has 12 heteroatoms. The van der Waals surface area contributed by atoms with Crippen LogP contribution in [0.3, 0.4) is 0 Å². The number of hydrogen-bond donors (Lipinski definition) is 5. The minimum absolute atomic E-state index is 0.440. The Bertz CT molecular complexity index is 690. The zero-order chi connectivity index (χ0) is 19.4. The minimum atomic E-state index is -4.44. The summed E-state index contributed by atoms with van der Waals surface area (Å²) in [5.41, 5.74) is 4.60. The van der Waals surface area contributed by atoms with E-state index >= 15 is 0 Å². The smallest absolute Gasteiger partial charge is 0.341 e. The number of halogens is 2. The van der Waals surface area contributed by atoms with Gasteiger partial charge in [-0.15, -0.1) is 0 Å². The summed E-state index contributed by atoms with van der Waals surface area (Å²) in [7, 11) is -4.44. The Kier molecular flexibility index (Phi) is 7.00. The fraction of sp³-hybridized carbons (Fsp3) is 0.385. The summed E-state index contributed by atoms with van der Waals surface area (Å²) in [6, 6.07) is -0.400. The molecule has 3 unspecified atom stereocenters. The van der Waals surface area contributed by atoms with Gasteiger partial charge < -0.3 is 30.7 Å². The molecule has 0 aromatic heterocycles. The quantitative estimate of drug-likeness (QED) is 0.381. The average molecular weight is 383 g/mol. The van der Waals surface area contributed by atoms with Gasteiger partial charge in [0.15, 0.2) is 29.8 Å². The summed E-state index contributed by atoms with van der Waals surface area (Å²) in [6.45, 7) is -1.01. The molecule has 0 heterocycles. The highest BCUT2D eigenvalue weighted by Gasteiger charge is 2.33. The van der Waals surface area contributed by atoms with Crippen LogP contribution in [0.4, 0.5) is 8.78 Å². The van der Waals surface area contributed by atoms with Crippen molar-refractivity contribution < 1.29 is 47.9 Å². The predicted octanol–water partition coefficient (Wildman–Crippen LogP) is 0.491. The second-order valence-electron chi connectivity index (χ2n) is 5.08. The third-order valence-electron chi connectivity index (χ3n) is 3.12. The highest BCUT2D eigenvalue weighted by Crippen LogP contribution is 2.54. The number of ether oxygens (including phenoxy) is 1. The minimum Gasteiger partial charge on any atom is -0.480 e. The molecule has 25 heavy (non-hydrogen) atoms. The molecule has 1 aromatic carbocycles. The Hall–Kier alpha value is -2.07. The number of carboxylic acid groups (broad SMARTS) is 2. The van der Waals surface area contributed by atoms with E-state index < -0.39 is 73.3 Å². The van der Waals surface area contributed by atoms with Crippen molar-refractivity contribution in [3.8, 4) is 5.75 Å². The predicted molar refractivity (Wildman–Crippen MR) is 79.4 cm³/mol. The van der Waals surface area contributed by atoms with Gasteiger partial charge in [0.1, 0.15) is 6.04 Å². The van der Waals surface area contributed by atoms with Crippen LogP contribution in [0, 0.1) is 11.6 Å². The molecule has 0 spiro atoms. The van der Waals surface area contributed by atoms with E-state index in [2.05, 4.69) is 4.74 Å². The Morgan fingerprint density at radius 3 is 2.20 bits per heavy atom. The van der Waals surface area contributed by atoms with E-state index in [4.69, 9.17) is 15.9 Å². The first-order chi connectivity index (χ1) is 11.5. The Morgan fingerprint density at radius 1 is 1.24 bits per heavy atom. The van der Waals surface area contributed by atoms with Crippen molar-refractivity contribution in [2.75, 3.05) is 12.8 Å². The van der Waals surface area contributed by atoms with Crippen LogP contribution in [0.2, 0.25) is 0 Å². The summed E-state index contributed by atoms with van der Waals surface area (Å²) in [6.07, 6.45) is -1.13. The molecule has 1 aromatic rings. The average Bonchev–Trinajstić information content (AvgIpc) is 2.50. The van der Waals surface area contributed by atoms with E-state index in [1.54, 1.807) is 0 Å². The van der Waals surface area contributed by atoms with Crippen molar-refractivity contribution in [2.24, 2.45) is 5.73 Å². The van der Waals surface area contributed by atoms with Gasteiger partial charge >= 0.3 is 11.9 Å². The Balaban J connectivity index is 2.97. The van der Waals surface area contributed by atoms with Crippen molar-refractivity contribution in [1.29, 1.82) is 0 Å². The summed E-state index contributed by atoms with van der Waals surface area (Å²) in [5, 5.41) is 26.9. The van der Waals surface area contributed by atoms with Gasteiger partial charge in [0.25, 0.3) is 0 Å². The molecule has 0 radical (unpaired) electrons. The standard InChI is InChI=1S/C13H16F2NO8P/c14-7-3-6(4-8(15)11(7)24-5-10(17)18)13(21)25(22,23)2-1-9(16)12(19)20/h3-4,9,13,21H,1-2,5,16H2,(H,17,18)(H,19,20)(H,22,23). The van der Waals surface area contributed by atoms with Crippen molar-refractivity contribution in [3.05, 3.63) is 29.3 Å². The zero-order valence-electron chi connectivity index (χ0n) is 12.6. The molecule has 0 aliphatic rings. The maximum atomic E-state index is 13.8. The lowest BCUT2D eigenvalue weighted by molar-refractivity contribution is -0.140. The van der Waals surface area contributed by atoms with Gasteiger partial charge in [-0.3, -0.25) is 9.36 Å². The highest BCUT2D eigenvalue weighted by atomic mass is 31.2. The number of nitrogens with two attached hydrogens (primary N) is 1. The lowest BCUT2D eigenvalue weighted by Gasteiger charge is -2.20. The van der Waals surface area contributed by atoms with Crippen LogP contribution in [-0.2, 0) is 14.2 Å². The number of aliphatic carboxylic acids is 2. The summed E-state index contributed by atoms with van der Waals surface area (Å²) in [5.74, 6) is -8.84. The first kappa shape index (κ1) is 21.0. The van der Waals surface area contributed by atoms with E-state index in [1.165, 1.54) is 0 Å². The molecule has 0 aliphatic heterocycles. The van der Waals surface area contributed by atoms with E-state index in [0.717, 1.165) is 0 Å². The van der Waals surface area contributed by atoms with Crippen LogP contribution in [0.5, 0.6) is 5.75 Å². The van der Waals surface area contributed by atoms with Gasteiger partial charge in [-0.25, -0.2) is 13.6 Å². The molecule has 0 bridgehead atoms. The molecule has 0 aliphatic carbocycles. The van der Waals surface area contributed by atoms with Gasteiger partial charge in [-0.05, 0) is 24.1 Å². The first-order valence-electron chi connectivity index (χ1n) is 6.77. The third-order valence-corrected chi connectivity index (χ3v) is 5.08. The Labute approximate surface area is 140 Å². The van der Waals surface area contributed by atoms with Crippen molar-refractivity contribution in [1.82, 2.24) is 0 Å². The number of aliphatic hydroxyl groups is 1. The molecular formula is C13H16F2NO8P. The van der Waals surface area contributed by atoms with E-state index in [0.29, 0.717) is 12.1 Å². The van der Waals surface area contributed by atoms with Gasteiger partial charge in [-0.1, -0.05) is 0 Å². The van der Waals surface area contributed by atoms with E-state index in [-0.39, 0.29) is 0 Å². The normalized spacial score (nSPS) is 15.9. The van der Waals surface area contributed by atoms with Gasteiger partial charge in [0.2, 0.25) is 7.37 Å². The molecule has 140 valence electrons. The summed E-state index contributed by atoms with van der Waals surface area (Å²) in [4.78, 5) is 30.7. The van der Waals surface area contributed by atoms with Crippen molar-refractivity contribution in [2.45, 2.75) is 18.3 Å². The summed E-state index contributed by atoms with van der Waals surface area (Å²) < 4.78 is 44.1. The molecule has 3 atom stereocenters. The number of carboxylic acids is 2. The molecule has 1 rings (SSSR count). The van der Waals surface area contributed by atoms with Crippen LogP contribution < -0.4 is 10.5 Å². The largest absolute Gasteiger partial charge is 0.480 e. The summed E-state index contributed by atoms with van der Waals surface area (Å²) >= 11 is 0. The molecular weight excluding hydrogens is 367 g/mol. The van der Waals surface area contributed by atoms with Crippen molar-refractivity contribution >= 4 is 19.3 Å². The molecule has 0 fully saturated rings. The Morgan fingerprint density at radius 2 is 1.76 bits per heavy atom. The number of carbonyl (C=O) groups is 2. The second-order valence-corrected chi connectivity index (χ2v) is 7.53. The monoisotopic (exact) mass is 383 g/mol. The molecule has 9 nitrogen and oxygen atoms in total. The topological polar surface area (TPSA) is 167 Å². The van der Waals surface area contributed by atoms with Crippen LogP contribution in [0.25, 0.3) is 0 Å². The third kappa shape index (κ3) is 5.75.